The average Bonchev–Trinajstić information content (AvgIpc) is 2.26. The Morgan fingerprint density at radius 1 is 1.71 bits per heavy atom. The molecule has 14 heavy (non-hydrogen) atoms. The lowest BCUT2D eigenvalue weighted by Gasteiger charge is -2.11. The zero-order valence-corrected chi connectivity index (χ0v) is 9.84. The van der Waals surface area contributed by atoms with Gasteiger partial charge in [0.1, 0.15) is 0 Å². The number of thioether (sulfide) groups is 1. The van der Waals surface area contributed by atoms with Gasteiger partial charge in [0, 0.05) is 6.54 Å². The average molecular weight is 227 g/mol. The summed E-state index contributed by atoms with van der Waals surface area (Å²) in [5.41, 5.74) is 4.75. The molecule has 1 heterocycles. The molecule has 0 radical (unpaired) electrons. The van der Waals surface area contributed by atoms with E-state index in [0.717, 1.165) is 18.0 Å². The molecule has 76 valence electrons. The number of rotatable bonds is 2. The van der Waals surface area contributed by atoms with Crippen molar-refractivity contribution in [1.29, 1.82) is 0 Å². The molecule has 0 amide bonds. The predicted molar refractivity (Wildman–Crippen MR) is 67.6 cm³/mol. The SMILES string of the molecule is CSC(=S)NN=C(C)C1=CC=CCN1. The van der Waals surface area contributed by atoms with E-state index in [0.29, 0.717) is 4.32 Å². The normalized spacial score (nSPS) is 15.9. The van der Waals surface area contributed by atoms with Crippen molar-refractivity contribution >= 4 is 34.0 Å². The maximum absolute atomic E-state index is 4.97. The summed E-state index contributed by atoms with van der Waals surface area (Å²) < 4.78 is 0.677. The summed E-state index contributed by atoms with van der Waals surface area (Å²) in [7, 11) is 0. The van der Waals surface area contributed by atoms with Crippen LogP contribution in [-0.4, -0.2) is 22.8 Å². The van der Waals surface area contributed by atoms with Gasteiger partial charge in [-0.2, -0.15) is 5.10 Å². The third-order valence-electron chi connectivity index (χ3n) is 1.70. The summed E-state index contributed by atoms with van der Waals surface area (Å²) in [6.45, 7) is 2.79. The van der Waals surface area contributed by atoms with Gasteiger partial charge < -0.3 is 5.32 Å². The molecule has 1 rings (SSSR count). The molecule has 3 nitrogen and oxygen atoms in total. The minimum atomic E-state index is 0.677. The molecule has 5 heteroatoms. The highest BCUT2D eigenvalue weighted by molar-refractivity contribution is 8.22. The zero-order valence-electron chi connectivity index (χ0n) is 8.20. The highest BCUT2D eigenvalue weighted by Crippen LogP contribution is 1.99. The third-order valence-corrected chi connectivity index (χ3v) is 2.75. The monoisotopic (exact) mass is 227 g/mol. The molecule has 0 aliphatic carbocycles. The summed E-state index contributed by atoms with van der Waals surface area (Å²) in [4.78, 5) is 0. The molecule has 0 saturated carbocycles. The van der Waals surface area contributed by atoms with Gasteiger partial charge in [-0.3, -0.25) is 5.43 Å². The Labute approximate surface area is 93.7 Å². The van der Waals surface area contributed by atoms with Gasteiger partial charge in [-0.1, -0.05) is 36.1 Å². The molecule has 1 aliphatic heterocycles. The first kappa shape index (κ1) is 11.3. The first-order chi connectivity index (χ1) is 6.74. The van der Waals surface area contributed by atoms with E-state index in [-0.39, 0.29) is 0 Å². The second-order valence-corrected chi connectivity index (χ2v) is 4.17. The number of nitrogens with zero attached hydrogens (tertiary/aromatic N) is 1. The maximum atomic E-state index is 4.97. The summed E-state index contributed by atoms with van der Waals surface area (Å²) in [6.07, 6.45) is 7.97. The fourth-order valence-corrected chi connectivity index (χ4v) is 1.13. The number of dihydropyridines is 1. The second kappa shape index (κ2) is 5.82. The Morgan fingerprint density at radius 2 is 2.50 bits per heavy atom. The van der Waals surface area contributed by atoms with E-state index < -0.39 is 0 Å². The van der Waals surface area contributed by atoms with E-state index >= 15 is 0 Å². The van der Waals surface area contributed by atoms with Crippen molar-refractivity contribution in [3.8, 4) is 0 Å². The van der Waals surface area contributed by atoms with Gasteiger partial charge in [-0.25, -0.2) is 0 Å². The molecule has 0 atom stereocenters. The van der Waals surface area contributed by atoms with E-state index in [1.807, 2.05) is 25.3 Å². The molecule has 2 N–H and O–H groups in total. The Morgan fingerprint density at radius 3 is 3.07 bits per heavy atom. The molecule has 0 saturated heterocycles. The van der Waals surface area contributed by atoms with Crippen molar-refractivity contribution < 1.29 is 0 Å². The molecule has 0 bridgehead atoms. The fourth-order valence-electron chi connectivity index (χ4n) is 0.944. The lowest BCUT2D eigenvalue weighted by molar-refractivity contribution is 0.923. The molecule has 0 fully saturated rings. The van der Waals surface area contributed by atoms with Crippen molar-refractivity contribution in [1.82, 2.24) is 10.7 Å². The number of allylic oxidation sites excluding steroid dienone is 3. The van der Waals surface area contributed by atoms with Crippen LogP contribution < -0.4 is 10.7 Å². The highest BCUT2D eigenvalue weighted by atomic mass is 32.2. The van der Waals surface area contributed by atoms with E-state index in [9.17, 15) is 0 Å². The van der Waals surface area contributed by atoms with Crippen LogP contribution in [0.2, 0.25) is 0 Å². The van der Waals surface area contributed by atoms with Gasteiger partial charge >= 0.3 is 0 Å². The third kappa shape index (κ3) is 3.51. The quantitative estimate of drug-likeness (QED) is 0.427. The van der Waals surface area contributed by atoms with Crippen LogP contribution in [0.4, 0.5) is 0 Å². The fraction of sp³-hybridized carbons (Fsp3) is 0.333. The van der Waals surface area contributed by atoms with Gasteiger partial charge in [0.15, 0.2) is 4.32 Å². The van der Waals surface area contributed by atoms with Crippen molar-refractivity contribution in [3.63, 3.8) is 0 Å². The molecule has 0 unspecified atom stereocenters. The van der Waals surface area contributed by atoms with Crippen molar-refractivity contribution in [2.24, 2.45) is 5.10 Å². The van der Waals surface area contributed by atoms with Gasteiger partial charge in [0.25, 0.3) is 0 Å². The molecule has 0 spiro atoms. The molecule has 0 aromatic carbocycles. The number of nitrogens with one attached hydrogen (secondary N) is 2. The maximum Gasteiger partial charge on any atom is 0.153 e. The largest absolute Gasteiger partial charge is 0.380 e. The van der Waals surface area contributed by atoms with Crippen LogP contribution in [0.1, 0.15) is 6.92 Å². The highest BCUT2D eigenvalue weighted by Gasteiger charge is 2.01. The Hall–Kier alpha value is -0.810. The van der Waals surface area contributed by atoms with Gasteiger partial charge in [0.2, 0.25) is 0 Å². The summed E-state index contributed by atoms with van der Waals surface area (Å²) in [6, 6.07) is 0. The van der Waals surface area contributed by atoms with E-state index in [4.69, 9.17) is 12.2 Å². The van der Waals surface area contributed by atoms with Gasteiger partial charge in [-0.05, 0) is 19.3 Å². The zero-order chi connectivity index (χ0) is 10.4. The number of hydrogen-bond donors (Lipinski definition) is 2. The molecule has 0 aromatic heterocycles. The van der Waals surface area contributed by atoms with Crippen molar-refractivity contribution in [3.05, 3.63) is 23.9 Å². The van der Waals surface area contributed by atoms with E-state index in [2.05, 4.69) is 21.9 Å². The summed E-state index contributed by atoms with van der Waals surface area (Å²) in [5.74, 6) is 0. The molecule has 0 aromatic rings. The van der Waals surface area contributed by atoms with Crippen LogP contribution >= 0.6 is 24.0 Å². The topological polar surface area (TPSA) is 36.4 Å². The Kier molecular flexibility index (Phi) is 4.69. The number of hydrogen-bond acceptors (Lipinski definition) is 4. The molecular formula is C9H13N3S2. The van der Waals surface area contributed by atoms with Crippen LogP contribution in [0.3, 0.4) is 0 Å². The smallest absolute Gasteiger partial charge is 0.153 e. The summed E-state index contributed by atoms with van der Waals surface area (Å²) >= 11 is 6.44. The lowest BCUT2D eigenvalue weighted by atomic mass is 10.2. The number of hydrazone groups is 1. The molecular weight excluding hydrogens is 214 g/mol. The first-order valence-electron chi connectivity index (χ1n) is 4.23. The second-order valence-electron chi connectivity index (χ2n) is 2.69. The summed E-state index contributed by atoms with van der Waals surface area (Å²) in [5, 5.41) is 7.37. The minimum Gasteiger partial charge on any atom is -0.380 e. The van der Waals surface area contributed by atoms with Crippen LogP contribution in [0, 0.1) is 0 Å². The van der Waals surface area contributed by atoms with Crippen LogP contribution in [-0.2, 0) is 0 Å². The van der Waals surface area contributed by atoms with E-state index in [1.165, 1.54) is 11.8 Å². The number of thiocarbonyl (C=S) groups is 1. The molecule has 1 aliphatic rings. The minimum absolute atomic E-state index is 0.677. The Balaban J connectivity index is 2.55. The van der Waals surface area contributed by atoms with Gasteiger partial charge in [0.05, 0.1) is 11.4 Å². The van der Waals surface area contributed by atoms with Crippen LogP contribution in [0.15, 0.2) is 29.0 Å². The predicted octanol–water partition coefficient (Wildman–Crippen LogP) is 1.64. The van der Waals surface area contributed by atoms with Gasteiger partial charge in [-0.15, -0.1) is 0 Å². The van der Waals surface area contributed by atoms with Crippen molar-refractivity contribution in [2.75, 3.05) is 12.8 Å². The van der Waals surface area contributed by atoms with E-state index in [1.54, 1.807) is 0 Å². The van der Waals surface area contributed by atoms with Crippen LogP contribution in [0.5, 0.6) is 0 Å². The first-order valence-corrected chi connectivity index (χ1v) is 5.86. The van der Waals surface area contributed by atoms with Crippen LogP contribution in [0.25, 0.3) is 0 Å². The lowest BCUT2D eigenvalue weighted by Crippen LogP contribution is -2.23. The standard InChI is InChI=1S/C9H13N3S2/c1-7(11-12-9(13)14-2)8-5-3-4-6-10-8/h3-5,10H,6H2,1-2H3,(H,12,13). The van der Waals surface area contributed by atoms with Crippen molar-refractivity contribution in [2.45, 2.75) is 6.92 Å². The Bertz CT molecular complexity index is 305.